The maximum atomic E-state index is 12.1. The van der Waals surface area contributed by atoms with Crippen molar-refractivity contribution in [2.75, 3.05) is 5.88 Å². The highest BCUT2D eigenvalue weighted by Gasteiger charge is 2.05. The fourth-order valence-corrected chi connectivity index (χ4v) is 3.02. The molecule has 2 aromatic heterocycles. The van der Waals surface area contributed by atoms with E-state index in [9.17, 15) is 4.79 Å². The molecule has 1 atom stereocenters. The Bertz CT molecular complexity index is 546. The van der Waals surface area contributed by atoms with E-state index >= 15 is 0 Å². The van der Waals surface area contributed by atoms with Crippen molar-refractivity contribution in [3.63, 3.8) is 0 Å². The van der Waals surface area contributed by atoms with Gasteiger partial charge in [-0.3, -0.25) is 4.79 Å². The number of rotatable bonds is 5. The van der Waals surface area contributed by atoms with Gasteiger partial charge in [-0.2, -0.15) is 0 Å². The molecule has 2 heterocycles. The SMILES string of the molecule is CC(CCCl)CCn1ccc2sccc2c1=O. The summed E-state index contributed by atoms with van der Waals surface area (Å²) < 4.78 is 2.87. The first-order valence-corrected chi connectivity index (χ1v) is 7.26. The number of hydrogen-bond donors (Lipinski definition) is 0. The third-order valence-electron chi connectivity index (χ3n) is 3.06. The molecule has 2 nitrogen and oxygen atoms in total. The van der Waals surface area contributed by atoms with Gasteiger partial charge < -0.3 is 4.57 Å². The van der Waals surface area contributed by atoms with Gasteiger partial charge >= 0.3 is 0 Å². The van der Waals surface area contributed by atoms with Gasteiger partial charge in [0.15, 0.2) is 0 Å². The molecule has 1 unspecified atom stereocenters. The first-order valence-electron chi connectivity index (χ1n) is 5.85. The van der Waals surface area contributed by atoms with Crippen molar-refractivity contribution in [2.24, 2.45) is 5.92 Å². The molecule has 0 spiro atoms. The third kappa shape index (κ3) is 2.90. The highest BCUT2D eigenvalue weighted by molar-refractivity contribution is 7.17. The smallest absolute Gasteiger partial charge is 0.259 e. The van der Waals surface area contributed by atoms with Crippen molar-refractivity contribution in [1.82, 2.24) is 4.57 Å². The zero-order chi connectivity index (χ0) is 12.3. The lowest BCUT2D eigenvalue weighted by Crippen LogP contribution is -2.20. The molecular weight excluding hydrogens is 254 g/mol. The fraction of sp³-hybridized carbons (Fsp3) is 0.462. The summed E-state index contributed by atoms with van der Waals surface area (Å²) in [6.45, 7) is 2.96. The Labute approximate surface area is 110 Å². The van der Waals surface area contributed by atoms with E-state index in [1.165, 1.54) is 0 Å². The lowest BCUT2D eigenvalue weighted by atomic mass is 10.1. The molecule has 0 aromatic carbocycles. The van der Waals surface area contributed by atoms with Crippen LogP contribution in [0.15, 0.2) is 28.5 Å². The molecular formula is C13H16ClNOS. The molecule has 4 heteroatoms. The van der Waals surface area contributed by atoms with Crippen molar-refractivity contribution >= 4 is 33.0 Å². The number of aryl methyl sites for hydroxylation is 1. The van der Waals surface area contributed by atoms with Crippen LogP contribution >= 0.6 is 22.9 Å². The van der Waals surface area contributed by atoms with Crippen LogP contribution in [0.4, 0.5) is 0 Å². The number of alkyl halides is 1. The van der Waals surface area contributed by atoms with E-state index in [0.717, 1.165) is 29.5 Å². The number of hydrogen-bond acceptors (Lipinski definition) is 2. The highest BCUT2D eigenvalue weighted by Crippen LogP contribution is 2.17. The Balaban J connectivity index is 2.13. The molecule has 0 N–H and O–H groups in total. The van der Waals surface area contributed by atoms with Crippen molar-refractivity contribution in [2.45, 2.75) is 26.3 Å². The lowest BCUT2D eigenvalue weighted by Gasteiger charge is -2.10. The molecule has 0 fully saturated rings. The van der Waals surface area contributed by atoms with Crippen LogP contribution in [0.25, 0.3) is 10.1 Å². The highest BCUT2D eigenvalue weighted by atomic mass is 35.5. The molecule has 0 amide bonds. The summed E-state index contributed by atoms with van der Waals surface area (Å²) in [6.07, 6.45) is 3.91. The molecule has 2 rings (SSSR count). The Hall–Kier alpha value is -0.800. The first-order chi connectivity index (χ1) is 8.22. The number of halogens is 1. The zero-order valence-electron chi connectivity index (χ0n) is 9.86. The van der Waals surface area contributed by atoms with E-state index in [-0.39, 0.29) is 5.56 Å². The van der Waals surface area contributed by atoms with Crippen LogP contribution < -0.4 is 5.56 Å². The zero-order valence-corrected chi connectivity index (χ0v) is 11.4. The quantitative estimate of drug-likeness (QED) is 0.759. The summed E-state index contributed by atoms with van der Waals surface area (Å²) >= 11 is 7.32. The second-order valence-corrected chi connectivity index (χ2v) is 5.71. The minimum absolute atomic E-state index is 0.127. The van der Waals surface area contributed by atoms with E-state index in [1.54, 1.807) is 15.9 Å². The topological polar surface area (TPSA) is 22.0 Å². The van der Waals surface area contributed by atoms with Gasteiger partial charge in [0.25, 0.3) is 5.56 Å². The summed E-state index contributed by atoms with van der Waals surface area (Å²) in [4.78, 5) is 12.1. The van der Waals surface area contributed by atoms with Gasteiger partial charge in [-0.1, -0.05) is 6.92 Å². The van der Waals surface area contributed by atoms with Gasteiger partial charge in [-0.15, -0.1) is 22.9 Å². The first kappa shape index (κ1) is 12.7. The summed E-state index contributed by atoms with van der Waals surface area (Å²) in [5.74, 6) is 1.26. The van der Waals surface area contributed by atoms with Gasteiger partial charge in [0, 0.05) is 23.3 Å². The van der Waals surface area contributed by atoms with Gasteiger partial charge in [0.2, 0.25) is 0 Å². The maximum absolute atomic E-state index is 12.1. The van der Waals surface area contributed by atoms with Crippen LogP contribution in [0.5, 0.6) is 0 Å². The Morgan fingerprint density at radius 3 is 3.00 bits per heavy atom. The minimum atomic E-state index is 0.127. The molecule has 0 saturated carbocycles. The molecule has 0 aliphatic rings. The number of fused-ring (bicyclic) bond motifs is 1. The Morgan fingerprint density at radius 2 is 2.24 bits per heavy atom. The van der Waals surface area contributed by atoms with E-state index < -0.39 is 0 Å². The number of aromatic nitrogens is 1. The Morgan fingerprint density at radius 1 is 1.41 bits per heavy atom. The predicted octanol–water partition coefficient (Wildman–Crippen LogP) is 3.72. The minimum Gasteiger partial charge on any atom is -0.315 e. The molecule has 2 aromatic rings. The largest absolute Gasteiger partial charge is 0.315 e. The fourth-order valence-electron chi connectivity index (χ4n) is 1.87. The van der Waals surface area contributed by atoms with E-state index in [0.29, 0.717) is 11.8 Å². The van der Waals surface area contributed by atoms with Crippen molar-refractivity contribution in [1.29, 1.82) is 0 Å². The normalized spacial score (nSPS) is 13.1. The molecule has 0 radical (unpaired) electrons. The standard InChI is InChI=1S/C13H16ClNOS/c1-10(2-6-14)3-7-15-8-4-12-11(13(15)16)5-9-17-12/h4-5,8-10H,2-3,6-7H2,1H3. The Kier molecular flexibility index (Phi) is 4.24. The molecule has 92 valence electrons. The van der Waals surface area contributed by atoms with Crippen LogP contribution in [0, 0.1) is 5.92 Å². The van der Waals surface area contributed by atoms with Crippen LogP contribution in [-0.4, -0.2) is 10.4 Å². The summed E-state index contributed by atoms with van der Waals surface area (Å²) in [7, 11) is 0. The van der Waals surface area contributed by atoms with Crippen molar-refractivity contribution in [3.05, 3.63) is 34.1 Å². The molecule has 0 saturated heterocycles. The van der Waals surface area contributed by atoms with Gasteiger partial charge in [0.05, 0.1) is 5.39 Å². The van der Waals surface area contributed by atoms with Crippen LogP contribution in [0.1, 0.15) is 19.8 Å². The maximum Gasteiger partial charge on any atom is 0.259 e. The van der Waals surface area contributed by atoms with Crippen LogP contribution in [0.3, 0.4) is 0 Å². The van der Waals surface area contributed by atoms with Crippen molar-refractivity contribution in [3.8, 4) is 0 Å². The summed E-state index contributed by atoms with van der Waals surface area (Å²) in [5, 5.41) is 2.80. The summed E-state index contributed by atoms with van der Waals surface area (Å²) in [5.41, 5.74) is 0.127. The van der Waals surface area contributed by atoms with Crippen molar-refractivity contribution < 1.29 is 0 Å². The van der Waals surface area contributed by atoms with E-state index in [1.807, 2.05) is 23.7 Å². The second kappa shape index (κ2) is 5.69. The average molecular weight is 270 g/mol. The van der Waals surface area contributed by atoms with E-state index in [4.69, 9.17) is 11.6 Å². The van der Waals surface area contributed by atoms with Gasteiger partial charge in [0.1, 0.15) is 0 Å². The molecule has 0 bridgehead atoms. The molecule has 17 heavy (non-hydrogen) atoms. The third-order valence-corrected chi connectivity index (χ3v) is 4.16. The van der Waals surface area contributed by atoms with Crippen LogP contribution in [0.2, 0.25) is 0 Å². The number of thiophene rings is 1. The summed E-state index contributed by atoms with van der Waals surface area (Å²) in [6, 6.07) is 3.93. The number of pyridine rings is 1. The molecule has 0 aliphatic carbocycles. The number of nitrogens with zero attached hydrogens (tertiary/aromatic N) is 1. The molecule has 0 aliphatic heterocycles. The lowest BCUT2D eigenvalue weighted by molar-refractivity contribution is 0.466. The second-order valence-electron chi connectivity index (χ2n) is 4.38. The predicted molar refractivity (Wildman–Crippen MR) is 75.2 cm³/mol. The van der Waals surface area contributed by atoms with Crippen LogP contribution in [-0.2, 0) is 6.54 Å². The monoisotopic (exact) mass is 269 g/mol. The average Bonchev–Trinajstić information content (AvgIpc) is 2.77. The van der Waals surface area contributed by atoms with Gasteiger partial charge in [-0.25, -0.2) is 0 Å². The van der Waals surface area contributed by atoms with E-state index in [2.05, 4.69) is 6.92 Å². The van der Waals surface area contributed by atoms with Gasteiger partial charge in [-0.05, 0) is 36.3 Å².